The van der Waals surface area contributed by atoms with Crippen LogP contribution < -0.4 is 10.0 Å². The fourth-order valence-corrected chi connectivity index (χ4v) is 7.77. The number of ether oxygens (including phenoxy) is 2. The molecule has 178 valence electrons. The maximum absolute atomic E-state index is 12.6. The third-order valence-corrected chi connectivity index (χ3v) is 10.2. The molecule has 2 heterocycles. The lowest BCUT2D eigenvalue weighted by Crippen LogP contribution is -2.45. The van der Waals surface area contributed by atoms with E-state index >= 15 is 0 Å². The maximum atomic E-state index is 12.6. The predicted octanol–water partition coefficient (Wildman–Crippen LogP) is 3.10. The minimum Gasteiger partial charge on any atom is -0.598 e. The summed E-state index contributed by atoms with van der Waals surface area (Å²) < 4.78 is 39.2. The normalized spacial score (nSPS) is 36.7. The minimum atomic E-state index is -3.30. The van der Waals surface area contributed by atoms with Crippen LogP contribution in [0.3, 0.4) is 0 Å². The molecule has 0 radical (unpaired) electrons. The highest BCUT2D eigenvalue weighted by Crippen LogP contribution is 2.42. The van der Waals surface area contributed by atoms with Gasteiger partial charge in [-0.25, -0.2) is 0 Å². The zero-order valence-electron chi connectivity index (χ0n) is 19.2. The molecule has 0 amide bonds. The van der Waals surface area contributed by atoms with E-state index in [9.17, 15) is 8.76 Å². The van der Waals surface area contributed by atoms with Gasteiger partial charge in [-0.2, -0.15) is 5.10 Å². The first kappa shape index (κ1) is 22.7. The summed E-state index contributed by atoms with van der Waals surface area (Å²) in [6.45, 7) is 2.47. The van der Waals surface area contributed by atoms with Crippen LogP contribution in [0.15, 0.2) is 0 Å². The molecule has 7 unspecified atom stereocenters. The van der Waals surface area contributed by atoms with Gasteiger partial charge in [0, 0.05) is 36.9 Å². The van der Waals surface area contributed by atoms with Crippen molar-refractivity contribution in [3.05, 3.63) is 16.8 Å². The van der Waals surface area contributed by atoms with E-state index in [0.29, 0.717) is 19.3 Å². The average molecular weight is 465 g/mol. The molecular weight excluding hydrogens is 428 g/mol. The Morgan fingerprint density at radius 1 is 1.00 bits per heavy atom. The molecule has 2 N–H and O–H groups in total. The Bertz CT molecular complexity index is 884. The Hall–Kier alpha value is -1.13. The summed E-state index contributed by atoms with van der Waals surface area (Å²) in [4.78, 5) is 0. The van der Waals surface area contributed by atoms with Crippen LogP contribution in [0.5, 0.6) is 0 Å². The summed E-state index contributed by atoms with van der Waals surface area (Å²) in [6, 6.07) is 0.324. The number of sulfonamides is 1. The lowest BCUT2D eigenvalue weighted by Gasteiger charge is -2.36. The van der Waals surface area contributed by atoms with Crippen molar-refractivity contribution >= 4 is 16.2 Å². The van der Waals surface area contributed by atoms with Crippen LogP contribution in [0.4, 0.5) is 5.82 Å². The summed E-state index contributed by atoms with van der Waals surface area (Å²) in [7, 11) is -1.78. The number of fused-ring (bicyclic) bond motifs is 2. The minimum absolute atomic E-state index is 0.158. The van der Waals surface area contributed by atoms with E-state index in [2.05, 4.69) is 22.1 Å². The average Bonchev–Trinajstić information content (AvgIpc) is 3.28. The van der Waals surface area contributed by atoms with Gasteiger partial charge in [-0.1, -0.05) is 11.1 Å². The van der Waals surface area contributed by atoms with Crippen LogP contribution >= 0.6 is 0 Å². The van der Waals surface area contributed by atoms with Crippen molar-refractivity contribution in [3.8, 4) is 0 Å². The smallest absolute Gasteiger partial charge is 0.152 e. The van der Waals surface area contributed by atoms with Crippen LogP contribution in [-0.4, -0.2) is 52.1 Å². The first-order valence-corrected chi connectivity index (χ1v) is 13.8. The molecule has 3 aliphatic carbocycles. The highest BCUT2D eigenvalue weighted by atomic mass is 32.3. The summed E-state index contributed by atoms with van der Waals surface area (Å²) in [5.41, 5.74) is 3.67. The SMILES string of the molecule is CN[S+](=O)([O-])C1CC(c2nnc(NC3CCC4OCOC4C3)c3c2CCCC3)CCC1C. The van der Waals surface area contributed by atoms with Gasteiger partial charge >= 0.3 is 0 Å². The fourth-order valence-electron chi connectivity index (χ4n) is 6.24. The van der Waals surface area contributed by atoms with E-state index in [0.717, 1.165) is 69.3 Å². The molecule has 4 aliphatic rings. The van der Waals surface area contributed by atoms with Gasteiger partial charge in [0.25, 0.3) is 0 Å². The maximum Gasteiger partial charge on any atom is 0.152 e. The number of hydrogen-bond donors (Lipinski definition) is 2. The zero-order valence-corrected chi connectivity index (χ0v) is 20.0. The van der Waals surface area contributed by atoms with Gasteiger partial charge in [-0.15, -0.1) is 9.82 Å². The van der Waals surface area contributed by atoms with Crippen molar-refractivity contribution in [3.63, 3.8) is 0 Å². The summed E-state index contributed by atoms with van der Waals surface area (Å²) in [5, 5.41) is 12.7. The van der Waals surface area contributed by atoms with Gasteiger partial charge in [0.05, 0.1) is 17.9 Å². The Morgan fingerprint density at radius 2 is 1.78 bits per heavy atom. The van der Waals surface area contributed by atoms with Crippen LogP contribution in [0.25, 0.3) is 0 Å². The van der Waals surface area contributed by atoms with E-state index < -0.39 is 10.4 Å². The molecule has 1 aromatic heterocycles. The van der Waals surface area contributed by atoms with Crippen molar-refractivity contribution < 1.29 is 18.2 Å². The molecule has 0 aromatic carbocycles. The Balaban J connectivity index is 1.37. The summed E-state index contributed by atoms with van der Waals surface area (Å²) in [5.74, 6) is 1.24. The molecule has 3 fully saturated rings. The second kappa shape index (κ2) is 9.25. The molecule has 1 aliphatic heterocycles. The fraction of sp³-hybridized carbons (Fsp3) is 0.826. The number of anilines is 1. The largest absolute Gasteiger partial charge is 0.598 e. The molecule has 9 heteroatoms. The van der Waals surface area contributed by atoms with Gasteiger partial charge in [0.15, 0.2) is 5.82 Å². The summed E-state index contributed by atoms with van der Waals surface area (Å²) >= 11 is 0. The number of nitrogens with zero attached hydrogens (tertiary/aromatic N) is 2. The number of nitrogens with one attached hydrogen (secondary N) is 2. The van der Waals surface area contributed by atoms with E-state index in [1.54, 1.807) is 0 Å². The van der Waals surface area contributed by atoms with Gasteiger partial charge in [-0.05, 0) is 63.4 Å². The molecule has 0 bridgehead atoms. The van der Waals surface area contributed by atoms with Crippen molar-refractivity contribution in [2.45, 2.75) is 101 Å². The number of rotatable bonds is 5. The molecule has 1 aromatic rings. The predicted molar refractivity (Wildman–Crippen MR) is 122 cm³/mol. The quantitative estimate of drug-likeness (QED) is 0.645. The van der Waals surface area contributed by atoms with Gasteiger partial charge in [0.2, 0.25) is 0 Å². The van der Waals surface area contributed by atoms with E-state index in [1.807, 2.05) is 0 Å². The van der Waals surface area contributed by atoms with Crippen LogP contribution in [0.2, 0.25) is 0 Å². The first-order chi connectivity index (χ1) is 15.5. The second-order valence-corrected chi connectivity index (χ2v) is 12.2. The lowest BCUT2D eigenvalue weighted by molar-refractivity contribution is 0.0395. The van der Waals surface area contributed by atoms with Gasteiger partial charge in [0.1, 0.15) is 22.4 Å². The van der Waals surface area contributed by atoms with E-state index in [4.69, 9.17) is 14.6 Å². The molecule has 8 nitrogen and oxygen atoms in total. The Labute approximate surface area is 192 Å². The van der Waals surface area contributed by atoms with Crippen molar-refractivity contribution in [2.24, 2.45) is 5.92 Å². The van der Waals surface area contributed by atoms with Crippen LogP contribution in [0, 0.1) is 5.92 Å². The van der Waals surface area contributed by atoms with Gasteiger partial charge < -0.3 is 19.3 Å². The monoisotopic (exact) mass is 464 g/mol. The third-order valence-electron chi connectivity index (χ3n) is 8.15. The first-order valence-electron chi connectivity index (χ1n) is 12.3. The molecule has 7 atom stereocenters. The standard InChI is InChI=1S/C23H36N4O4S/c1-14-7-8-15(11-21(14)32(28,29)24-2)22-17-5-3-4-6-18(17)23(27-26-22)25-16-9-10-19-20(12-16)31-13-30-19/h14-16,19-21H,3-13H2,1-2H3,(H2-,24,25,27,28,29). The summed E-state index contributed by atoms with van der Waals surface area (Å²) in [6.07, 6.45) is 10.3. The lowest BCUT2D eigenvalue weighted by atomic mass is 9.77. The molecule has 32 heavy (non-hydrogen) atoms. The van der Waals surface area contributed by atoms with Crippen molar-refractivity contribution in [2.75, 3.05) is 19.2 Å². The molecule has 0 spiro atoms. The van der Waals surface area contributed by atoms with Crippen LogP contribution in [-0.2, 0) is 36.9 Å². The topological polar surface area (TPSA) is 108 Å². The number of hydrogen-bond acceptors (Lipinski definition) is 7. The highest BCUT2D eigenvalue weighted by Gasteiger charge is 2.42. The zero-order chi connectivity index (χ0) is 22.3. The Morgan fingerprint density at radius 3 is 2.59 bits per heavy atom. The number of aromatic nitrogens is 2. The molecule has 1 saturated heterocycles. The second-order valence-electron chi connectivity index (χ2n) is 10.1. The molecule has 5 rings (SSSR count). The van der Waals surface area contributed by atoms with Gasteiger partial charge in [-0.3, -0.25) is 0 Å². The van der Waals surface area contributed by atoms with E-state index in [1.165, 1.54) is 18.2 Å². The van der Waals surface area contributed by atoms with Crippen molar-refractivity contribution in [1.29, 1.82) is 0 Å². The Kier molecular flexibility index (Phi) is 6.55. The third kappa shape index (κ3) is 4.34. The van der Waals surface area contributed by atoms with Crippen molar-refractivity contribution in [1.82, 2.24) is 14.9 Å². The highest BCUT2D eigenvalue weighted by molar-refractivity contribution is 7.96. The van der Waals surface area contributed by atoms with E-state index in [-0.39, 0.29) is 29.3 Å². The van der Waals surface area contributed by atoms with Crippen LogP contribution in [0.1, 0.15) is 81.0 Å². The molecule has 2 saturated carbocycles. The molecular formula is C23H36N4O4S.